The number of benzene rings is 1. The zero-order valence-electron chi connectivity index (χ0n) is 12.5. The molecule has 0 spiro atoms. The first-order valence-corrected chi connectivity index (χ1v) is 7.65. The minimum absolute atomic E-state index is 0.168. The highest BCUT2D eigenvalue weighted by Crippen LogP contribution is 2.23. The van der Waals surface area contributed by atoms with Crippen molar-refractivity contribution in [1.29, 1.82) is 0 Å². The maximum atomic E-state index is 12.0. The predicted octanol–water partition coefficient (Wildman–Crippen LogP) is 3.27. The summed E-state index contributed by atoms with van der Waals surface area (Å²) in [6.45, 7) is 2.98. The van der Waals surface area contributed by atoms with Gasteiger partial charge >= 0.3 is 0 Å². The third kappa shape index (κ3) is 4.54. The standard InChI is InChI=1S/C16H18BrN3O2/c1-11-3-4-13(8-15(11)17)20-14-7-12(9-18-10-14)16(21)19-5-6-22-2/h3-4,7-10,20H,5-6H2,1-2H3,(H,19,21). The molecule has 6 heteroatoms. The lowest BCUT2D eigenvalue weighted by molar-refractivity contribution is 0.0937. The van der Waals surface area contributed by atoms with Crippen LogP contribution in [-0.2, 0) is 4.74 Å². The molecule has 0 aliphatic heterocycles. The Morgan fingerprint density at radius 2 is 2.09 bits per heavy atom. The van der Waals surface area contributed by atoms with E-state index in [1.54, 1.807) is 25.6 Å². The van der Waals surface area contributed by atoms with E-state index in [1.165, 1.54) is 0 Å². The summed E-state index contributed by atoms with van der Waals surface area (Å²) in [6, 6.07) is 7.75. The lowest BCUT2D eigenvalue weighted by Crippen LogP contribution is -2.27. The molecule has 22 heavy (non-hydrogen) atoms. The van der Waals surface area contributed by atoms with Crippen LogP contribution in [0.4, 0.5) is 11.4 Å². The smallest absolute Gasteiger partial charge is 0.253 e. The van der Waals surface area contributed by atoms with Crippen LogP contribution in [0.25, 0.3) is 0 Å². The van der Waals surface area contributed by atoms with Gasteiger partial charge in [0.1, 0.15) is 0 Å². The van der Waals surface area contributed by atoms with Crippen LogP contribution >= 0.6 is 15.9 Å². The van der Waals surface area contributed by atoms with Gasteiger partial charge in [-0.25, -0.2) is 0 Å². The van der Waals surface area contributed by atoms with Gasteiger partial charge in [-0.3, -0.25) is 9.78 Å². The summed E-state index contributed by atoms with van der Waals surface area (Å²) < 4.78 is 5.93. The van der Waals surface area contributed by atoms with Crippen LogP contribution < -0.4 is 10.6 Å². The second kappa shape index (κ2) is 7.91. The minimum Gasteiger partial charge on any atom is -0.383 e. The Morgan fingerprint density at radius 1 is 1.27 bits per heavy atom. The first-order chi connectivity index (χ1) is 10.6. The summed E-state index contributed by atoms with van der Waals surface area (Å²) in [4.78, 5) is 16.1. The van der Waals surface area contributed by atoms with Crippen LogP contribution in [0.5, 0.6) is 0 Å². The maximum Gasteiger partial charge on any atom is 0.253 e. The first-order valence-electron chi connectivity index (χ1n) is 6.85. The average molecular weight is 364 g/mol. The van der Waals surface area contributed by atoms with Gasteiger partial charge in [-0.15, -0.1) is 0 Å². The summed E-state index contributed by atoms with van der Waals surface area (Å²) in [5.41, 5.74) is 3.36. The van der Waals surface area contributed by atoms with Crippen molar-refractivity contribution in [3.63, 3.8) is 0 Å². The molecule has 0 unspecified atom stereocenters. The van der Waals surface area contributed by atoms with Crippen molar-refractivity contribution in [2.24, 2.45) is 0 Å². The number of carbonyl (C=O) groups is 1. The summed E-state index contributed by atoms with van der Waals surface area (Å²) in [5.74, 6) is -0.168. The third-order valence-corrected chi connectivity index (χ3v) is 3.91. The number of aromatic nitrogens is 1. The van der Waals surface area contributed by atoms with Gasteiger partial charge in [0.05, 0.1) is 24.1 Å². The third-order valence-electron chi connectivity index (χ3n) is 3.05. The maximum absolute atomic E-state index is 12.0. The van der Waals surface area contributed by atoms with Gasteiger partial charge in [-0.1, -0.05) is 22.0 Å². The molecular formula is C16H18BrN3O2. The molecule has 1 aromatic carbocycles. The van der Waals surface area contributed by atoms with Gasteiger partial charge in [-0.2, -0.15) is 0 Å². The quantitative estimate of drug-likeness (QED) is 0.773. The molecule has 0 saturated heterocycles. The molecule has 1 aromatic heterocycles. The number of hydrogen-bond donors (Lipinski definition) is 2. The Kier molecular flexibility index (Phi) is 5.91. The van der Waals surface area contributed by atoms with Gasteiger partial charge in [0, 0.05) is 30.0 Å². The fraction of sp³-hybridized carbons (Fsp3) is 0.250. The number of carbonyl (C=O) groups excluding carboxylic acids is 1. The van der Waals surface area contributed by atoms with Crippen LogP contribution in [0.15, 0.2) is 41.1 Å². The van der Waals surface area contributed by atoms with E-state index in [0.29, 0.717) is 18.7 Å². The van der Waals surface area contributed by atoms with Crippen molar-refractivity contribution in [3.05, 3.63) is 52.3 Å². The molecular weight excluding hydrogens is 346 g/mol. The lowest BCUT2D eigenvalue weighted by atomic mass is 10.2. The Bertz CT molecular complexity index is 662. The van der Waals surface area contributed by atoms with Crippen LogP contribution in [0.3, 0.4) is 0 Å². The summed E-state index contributed by atoms with van der Waals surface area (Å²) in [5, 5.41) is 6.01. The SMILES string of the molecule is COCCNC(=O)c1cncc(Nc2ccc(C)c(Br)c2)c1. The van der Waals surface area contributed by atoms with E-state index in [2.05, 4.69) is 31.5 Å². The highest BCUT2D eigenvalue weighted by molar-refractivity contribution is 9.10. The van der Waals surface area contributed by atoms with Crippen molar-refractivity contribution < 1.29 is 9.53 Å². The molecule has 2 rings (SSSR count). The number of hydrogen-bond acceptors (Lipinski definition) is 4. The average Bonchev–Trinajstić information content (AvgIpc) is 2.51. The molecule has 2 aromatic rings. The number of nitrogens with one attached hydrogen (secondary N) is 2. The van der Waals surface area contributed by atoms with Crippen LogP contribution in [-0.4, -0.2) is 31.2 Å². The van der Waals surface area contributed by atoms with Gasteiger partial charge in [0.2, 0.25) is 0 Å². The Balaban J connectivity index is 2.07. The van der Waals surface area contributed by atoms with Crippen LogP contribution in [0.1, 0.15) is 15.9 Å². The van der Waals surface area contributed by atoms with E-state index < -0.39 is 0 Å². The molecule has 1 heterocycles. The number of anilines is 2. The molecule has 2 N–H and O–H groups in total. The number of methoxy groups -OCH3 is 1. The molecule has 0 fully saturated rings. The van der Waals surface area contributed by atoms with E-state index in [9.17, 15) is 4.79 Å². The van der Waals surface area contributed by atoms with Crippen molar-refractivity contribution >= 4 is 33.2 Å². The van der Waals surface area contributed by atoms with Gasteiger partial charge in [-0.05, 0) is 30.7 Å². The molecule has 116 valence electrons. The lowest BCUT2D eigenvalue weighted by Gasteiger charge is -2.09. The van der Waals surface area contributed by atoms with Gasteiger partial charge in [0.15, 0.2) is 0 Å². The number of nitrogens with zero attached hydrogens (tertiary/aromatic N) is 1. The van der Waals surface area contributed by atoms with Crippen molar-refractivity contribution in [2.45, 2.75) is 6.92 Å². The fourth-order valence-electron chi connectivity index (χ4n) is 1.84. The topological polar surface area (TPSA) is 63.2 Å². The second-order valence-electron chi connectivity index (χ2n) is 4.80. The molecule has 0 bridgehead atoms. The zero-order valence-corrected chi connectivity index (χ0v) is 14.1. The first kappa shape index (κ1) is 16.5. The number of halogens is 1. The predicted molar refractivity (Wildman–Crippen MR) is 90.6 cm³/mol. The van der Waals surface area contributed by atoms with E-state index in [-0.39, 0.29) is 5.91 Å². The summed E-state index contributed by atoms with van der Waals surface area (Å²) in [6.07, 6.45) is 3.22. The molecule has 0 saturated carbocycles. The summed E-state index contributed by atoms with van der Waals surface area (Å²) >= 11 is 3.50. The van der Waals surface area contributed by atoms with E-state index in [1.807, 2.05) is 25.1 Å². The number of pyridine rings is 1. The molecule has 0 aliphatic rings. The van der Waals surface area contributed by atoms with E-state index >= 15 is 0 Å². The van der Waals surface area contributed by atoms with Crippen LogP contribution in [0.2, 0.25) is 0 Å². The number of aryl methyl sites for hydroxylation is 1. The van der Waals surface area contributed by atoms with Crippen molar-refractivity contribution in [3.8, 4) is 0 Å². The summed E-state index contributed by atoms with van der Waals surface area (Å²) in [7, 11) is 1.60. The monoisotopic (exact) mass is 363 g/mol. The van der Waals surface area contributed by atoms with Crippen molar-refractivity contribution in [2.75, 3.05) is 25.6 Å². The second-order valence-corrected chi connectivity index (χ2v) is 5.65. The van der Waals surface area contributed by atoms with Gasteiger partial charge < -0.3 is 15.4 Å². The van der Waals surface area contributed by atoms with E-state index in [0.717, 1.165) is 21.4 Å². The number of ether oxygens (including phenoxy) is 1. The minimum atomic E-state index is -0.168. The highest BCUT2D eigenvalue weighted by atomic mass is 79.9. The molecule has 0 radical (unpaired) electrons. The highest BCUT2D eigenvalue weighted by Gasteiger charge is 2.07. The van der Waals surface area contributed by atoms with Gasteiger partial charge in [0.25, 0.3) is 5.91 Å². The largest absolute Gasteiger partial charge is 0.383 e. The number of amides is 1. The number of rotatable bonds is 6. The fourth-order valence-corrected chi connectivity index (χ4v) is 2.22. The Hall–Kier alpha value is -1.92. The van der Waals surface area contributed by atoms with E-state index in [4.69, 9.17) is 4.74 Å². The Labute approximate surface area is 138 Å². The molecule has 1 amide bonds. The molecule has 0 atom stereocenters. The normalized spacial score (nSPS) is 10.3. The Morgan fingerprint density at radius 3 is 2.82 bits per heavy atom. The molecule has 5 nitrogen and oxygen atoms in total. The zero-order chi connectivity index (χ0) is 15.9. The molecule has 0 aliphatic carbocycles. The van der Waals surface area contributed by atoms with Crippen molar-refractivity contribution in [1.82, 2.24) is 10.3 Å². The van der Waals surface area contributed by atoms with Crippen LogP contribution in [0, 0.1) is 6.92 Å².